The molecule has 0 aliphatic carbocycles. The largest absolute Gasteiger partial charge is 0.462 e. The number of aromatic amines is 1. The molecule has 16 heavy (non-hydrogen) atoms. The maximum absolute atomic E-state index is 11.5. The number of hydrogen-bond donors (Lipinski definition) is 1. The van der Waals surface area contributed by atoms with Gasteiger partial charge in [0.1, 0.15) is 0 Å². The molecule has 0 aliphatic rings. The van der Waals surface area contributed by atoms with E-state index in [0.717, 1.165) is 16.6 Å². The zero-order chi connectivity index (χ0) is 11.7. The first kappa shape index (κ1) is 10.7. The lowest BCUT2D eigenvalue weighted by molar-refractivity contribution is 0.0526. The summed E-state index contributed by atoms with van der Waals surface area (Å²) in [5.41, 5.74) is 3.94. The number of H-pyrrole nitrogens is 1. The lowest BCUT2D eigenvalue weighted by Gasteiger charge is -2.01. The third kappa shape index (κ3) is 1.69. The SMILES string of the molecule is CCOC(=O)c1ccc2c(C)c(C)[nH]c2c1. The number of benzene rings is 1. The smallest absolute Gasteiger partial charge is 0.338 e. The van der Waals surface area contributed by atoms with Gasteiger partial charge in [0.2, 0.25) is 0 Å². The lowest BCUT2D eigenvalue weighted by atomic mass is 10.1. The minimum Gasteiger partial charge on any atom is -0.462 e. The van der Waals surface area contributed by atoms with Crippen LogP contribution in [0.5, 0.6) is 0 Å². The van der Waals surface area contributed by atoms with Crippen molar-refractivity contribution in [3.8, 4) is 0 Å². The number of aromatic nitrogens is 1. The standard InChI is InChI=1S/C13H15NO2/c1-4-16-13(15)10-5-6-11-8(2)9(3)14-12(11)7-10/h5-7,14H,4H2,1-3H3. The van der Waals surface area contributed by atoms with E-state index in [0.29, 0.717) is 12.2 Å². The van der Waals surface area contributed by atoms with E-state index in [1.54, 1.807) is 13.0 Å². The molecule has 1 aromatic carbocycles. The van der Waals surface area contributed by atoms with E-state index in [1.807, 2.05) is 19.1 Å². The fourth-order valence-electron chi connectivity index (χ4n) is 1.81. The molecule has 0 saturated carbocycles. The number of aryl methyl sites for hydroxylation is 2. The number of ether oxygens (including phenoxy) is 1. The lowest BCUT2D eigenvalue weighted by Crippen LogP contribution is -2.04. The van der Waals surface area contributed by atoms with Crippen LogP contribution >= 0.6 is 0 Å². The Morgan fingerprint density at radius 3 is 2.81 bits per heavy atom. The summed E-state index contributed by atoms with van der Waals surface area (Å²) in [5.74, 6) is -0.269. The molecule has 0 radical (unpaired) electrons. The summed E-state index contributed by atoms with van der Waals surface area (Å²) in [6, 6.07) is 5.61. The minimum absolute atomic E-state index is 0.269. The van der Waals surface area contributed by atoms with Crippen molar-refractivity contribution in [2.75, 3.05) is 6.61 Å². The van der Waals surface area contributed by atoms with Crippen LogP contribution in [-0.4, -0.2) is 17.6 Å². The Bertz CT molecular complexity index is 540. The third-order valence-electron chi connectivity index (χ3n) is 2.82. The van der Waals surface area contributed by atoms with Crippen molar-refractivity contribution in [3.63, 3.8) is 0 Å². The summed E-state index contributed by atoms with van der Waals surface area (Å²) in [7, 11) is 0. The zero-order valence-corrected chi connectivity index (χ0v) is 9.76. The van der Waals surface area contributed by atoms with Crippen molar-refractivity contribution < 1.29 is 9.53 Å². The van der Waals surface area contributed by atoms with Gasteiger partial charge in [-0.05, 0) is 38.5 Å². The topological polar surface area (TPSA) is 42.1 Å². The van der Waals surface area contributed by atoms with Crippen molar-refractivity contribution in [1.29, 1.82) is 0 Å². The molecule has 0 bridgehead atoms. The number of esters is 1. The number of fused-ring (bicyclic) bond motifs is 1. The summed E-state index contributed by atoms with van der Waals surface area (Å²) < 4.78 is 4.96. The molecule has 0 spiro atoms. The average molecular weight is 217 g/mol. The summed E-state index contributed by atoms with van der Waals surface area (Å²) in [5, 5.41) is 1.16. The maximum atomic E-state index is 11.5. The summed E-state index contributed by atoms with van der Waals surface area (Å²) in [4.78, 5) is 14.8. The van der Waals surface area contributed by atoms with Crippen LogP contribution in [0.3, 0.4) is 0 Å². The highest BCUT2D eigenvalue weighted by Gasteiger charge is 2.09. The van der Waals surface area contributed by atoms with E-state index in [4.69, 9.17) is 4.74 Å². The zero-order valence-electron chi connectivity index (χ0n) is 9.76. The summed E-state index contributed by atoms with van der Waals surface area (Å²) in [6.45, 7) is 6.30. The van der Waals surface area contributed by atoms with Gasteiger partial charge in [0.25, 0.3) is 0 Å². The number of rotatable bonds is 2. The molecule has 1 heterocycles. The van der Waals surface area contributed by atoms with Crippen molar-refractivity contribution in [1.82, 2.24) is 4.98 Å². The highest BCUT2D eigenvalue weighted by Crippen LogP contribution is 2.22. The first-order valence-corrected chi connectivity index (χ1v) is 5.39. The molecule has 3 heteroatoms. The predicted octanol–water partition coefficient (Wildman–Crippen LogP) is 2.96. The van der Waals surface area contributed by atoms with Crippen LogP contribution in [0.1, 0.15) is 28.5 Å². The van der Waals surface area contributed by atoms with Crippen molar-refractivity contribution in [2.24, 2.45) is 0 Å². The van der Waals surface area contributed by atoms with Gasteiger partial charge in [0, 0.05) is 16.6 Å². The molecule has 2 rings (SSSR count). The average Bonchev–Trinajstić information content (AvgIpc) is 2.55. The molecule has 0 unspecified atom stereocenters. The van der Waals surface area contributed by atoms with Crippen LogP contribution in [0.25, 0.3) is 10.9 Å². The van der Waals surface area contributed by atoms with Gasteiger partial charge in [-0.3, -0.25) is 0 Å². The van der Waals surface area contributed by atoms with Gasteiger partial charge in [-0.25, -0.2) is 4.79 Å². The summed E-state index contributed by atoms with van der Waals surface area (Å²) in [6.07, 6.45) is 0. The van der Waals surface area contributed by atoms with E-state index in [-0.39, 0.29) is 5.97 Å². The van der Waals surface area contributed by atoms with Crippen LogP contribution in [0.15, 0.2) is 18.2 Å². The fraction of sp³-hybridized carbons (Fsp3) is 0.308. The van der Waals surface area contributed by atoms with Crippen LogP contribution in [0.4, 0.5) is 0 Å². The second-order valence-electron chi connectivity index (χ2n) is 3.86. The maximum Gasteiger partial charge on any atom is 0.338 e. The van der Waals surface area contributed by atoms with Crippen LogP contribution in [-0.2, 0) is 4.74 Å². The first-order valence-electron chi connectivity index (χ1n) is 5.39. The molecule has 1 aromatic heterocycles. The Labute approximate surface area is 94.4 Å². The van der Waals surface area contributed by atoms with Gasteiger partial charge in [-0.2, -0.15) is 0 Å². The number of carbonyl (C=O) groups excluding carboxylic acids is 1. The molecule has 0 fully saturated rings. The number of carbonyl (C=O) groups is 1. The van der Waals surface area contributed by atoms with Crippen molar-refractivity contribution in [2.45, 2.75) is 20.8 Å². The highest BCUT2D eigenvalue weighted by atomic mass is 16.5. The van der Waals surface area contributed by atoms with E-state index >= 15 is 0 Å². The quantitative estimate of drug-likeness (QED) is 0.786. The fourth-order valence-corrected chi connectivity index (χ4v) is 1.81. The second-order valence-corrected chi connectivity index (χ2v) is 3.86. The van der Waals surface area contributed by atoms with Gasteiger partial charge < -0.3 is 9.72 Å². The van der Waals surface area contributed by atoms with E-state index < -0.39 is 0 Å². The molecule has 3 nitrogen and oxygen atoms in total. The Kier molecular flexibility index (Phi) is 2.69. The van der Waals surface area contributed by atoms with Crippen LogP contribution < -0.4 is 0 Å². The predicted molar refractivity (Wildman–Crippen MR) is 63.7 cm³/mol. The van der Waals surface area contributed by atoms with Crippen molar-refractivity contribution in [3.05, 3.63) is 35.0 Å². The number of nitrogens with one attached hydrogen (secondary N) is 1. The Hall–Kier alpha value is -1.77. The molecule has 0 atom stereocenters. The molecule has 0 saturated heterocycles. The minimum atomic E-state index is -0.269. The van der Waals surface area contributed by atoms with Gasteiger partial charge in [-0.15, -0.1) is 0 Å². The van der Waals surface area contributed by atoms with Crippen LogP contribution in [0, 0.1) is 13.8 Å². The second kappa shape index (κ2) is 4.00. The summed E-state index contributed by atoms with van der Waals surface area (Å²) >= 11 is 0. The highest BCUT2D eigenvalue weighted by molar-refractivity contribution is 5.95. The molecule has 2 aromatic rings. The van der Waals surface area contributed by atoms with Gasteiger partial charge in [0.15, 0.2) is 0 Å². The Morgan fingerprint density at radius 2 is 2.12 bits per heavy atom. The number of hydrogen-bond acceptors (Lipinski definition) is 2. The normalized spacial score (nSPS) is 10.7. The van der Waals surface area contributed by atoms with Gasteiger partial charge in [-0.1, -0.05) is 6.07 Å². The van der Waals surface area contributed by atoms with Crippen LogP contribution in [0.2, 0.25) is 0 Å². The molecule has 1 N–H and O–H groups in total. The Morgan fingerprint density at radius 1 is 1.38 bits per heavy atom. The van der Waals surface area contributed by atoms with E-state index in [2.05, 4.69) is 11.9 Å². The third-order valence-corrected chi connectivity index (χ3v) is 2.82. The van der Waals surface area contributed by atoms with E-state index in [9.17, 15) is 4.79 Å². The monoisotopic (exact) mass is 217 g/mol. The van der Waals surface area contributed by atoms with Gasteiger partial charge >= 0.3 is 5.97 Å². The first-order chi connectivity index (χ1) is 7.63. The molecular weight excluding hydrogens is 202 g/mol. The van der Waals surface area contributed by atoms with Crippen molar-refractivity contribution >= 4 is 16.9 Å². The molecule has 0 aliphatic heterocycles. The molecular formula is C13H15NO2. The Balaban J connectivity index is 2.48. The van der Waals surface area contributed by atoms with E-state index in [1.165, 1.54) is 5.56 Å². The van der Waals surface area contributed by atoms with Gasteiger partial charge in [0.05, 0.1) is 12.2 Å². The molecule has 84 valence electrons. The molecule has 0 amide bonds.